The van der Waals surface area contributed by atoms with Gasteiger partial charge in [-0.15, -0.1) is 0 Å². The third kappa shape index (κ3) is 5.75. The average molecular weight is 279 g/mol. The number of benzene rings is 1. The van der Waals surface area contributed by atoms with Crippen molar-refractivity contribution < 1.29 is 19.0 Å². The van der Waals surface area contributed by atoms with E-state index in [1.165, 1.54) is 6.08 Å². The highest BCUT2D eigenvalue weighted by atomic mass is 16.5. The van der Waals surface area contributed by atoms with Crippen molar-refractivity contribution in [2.75, 3.05) is 27.4 Å². The van der Waals surface area contributed by atoms with Crippen molar-refractivity contribution in [3.63, 3.8) is 0 Å². The summed E-state index contributed by atoms with van der Waals surface area (Å²) in [5.74, 6) is 0.441. The van der Waals surface area contributed by atoms with Crippen molar-refractivity contribution in [2.24, 2.45) is 0 Å². The standard InChI is InChI=1S/C15H21NO4/c1-4-20-15(17)9-13(16-2)11-19-10-12-5-7-14(18-3)8-6-12/h5-9,16H,4,10-11H2,1-3H3/b13-9-. The summed E-state index contributed by atoms with van der Waals surface area (Å²) in [6.07, 6.45) is 1.40. The molecule has 0 heterocycles. The predicted molar refractivity (Wildman–Crippen MR) is 76.4 cm³/mol. The van der Waals surface area contributed by atoms with Crippen LogP contribution in [-0.4, -0.2) is 33.3 Å². The van der Waals surface area contributed by atoms with Gasteiger partial charge in [0.2, 0.25) is 0 Å². The smallest absolute Gasteiger partial charge is 0.332 e. The maximum Gasteiger partial charge on any atom is 0.332 e. The summed E-state index contributed by atoms with van der Waals surface area (Å²) in [6.45, 7) is 2.91. The van der Waals surface area contributed by atoms with Crippen molar-refractivity contribution >= 4 is 5.97 Å². The second kappa shape index (κ2) is 8.98. The molecule has 0 fully saturated rings. The minimum Gasteiger partial charge on any atom is -0.497 e. The van der Waals surface area contributed by atoms with Crippen molar-refractivity contribution in [3.05, 3.63) is 41.6 Å². The van der Waals surface area contributed by atoms with Gasteiger partial charge in [-0.05, 0) is 24.6 Å². The zero-order valence-corrected chi connectivity index (χ0v) is 12.1. The molecule has 110 valence electrons. The molecule has 1 aromatic rings. The first-order chi connectivity index (χ1) is 9.69. The Morgan fingerprint density at radius 2 is 2.00 bits per heavy atom. The molecule has 1 N–H and O–H groups in total. The van der Waals surface area contributed by atoms with Crippen LogP contribution in [-0.2, 0) is 20.9 Å². The molecule has 0 amide bonds. The number of likely N-dealkylation sites (N-methyl/N-ethyl adjacent to an activating group) is 1. The Hall–Kier alpha value is -2.01. The lowest BCUT2D eigenvalue weighted by atomic mass is 10.2. The van der Waals surface area contributed by atoms with E-state index >= 15 is 0 Å². The SMILES string of the molecule is CCOC(=O)/C=C(/COCc1ccc(OC)cc1)NC. The summed E-state index contributed by atoms with van der Waals surface area (Å²) in [5.41, 5.74) is 1.72. The lowest BCUT2D eigenvalue weighted by Crippen LogP contribution is -2.15. The maximum atomic E-state index is 11.3. The normalized spacial score (nSPS) is 11.1. The molecular weight excluding hydrogens is 258 g/mol. The molecule has 0 aliphatic carbocycles. The molecule has 0 bridgehead atoms. The molecule has 1 rings (SSSR count). The molecule has 0 atom stereocenters. The summed E-state index contributed by atoms with van der Waals surface area (Å²) in [5, 5.41) is 2.91. The van der Waals surface area contributed by atoms with E-state index < -0.39 is 0 Å². The van der Waals surface area contributed by atoms with E-state index in [0.29, 0.717) is 25.5 Å². The van der Waals surface area contributed by atoms with Gasteiger partial charge in [0, 0.05) is 18.8 Å². The van der Waals surface area contributed by atoms with Gasteiger partial charge in [0.25, 0.3) is 0 Å². The number of ether oxygens (including phenoxy) is 3. The van der Waals surface area contributed by atoms with Crippen LogP contribution in [0.3, 0.4) is 0 Å². The largest absolute Gasteiger partial charge is 0.497 e. The van der Waals surface area contributed by atoms with E-state index in [2.05, 4.69) is 5.32 Å². The average Bonchev–Trinajstić information content (AvgIpc) is 2.47. The van der Waals surface area contributed by atoms with Gasteiger partial charge in [-0.25, -0.2) is 4.79 Å². The number of esters is 1. The van der Waals surface area contributed by atoms with Crippen LogP contribution in [0, 0.1) is 0 Å². The van der Waals surface area contributed by atoms with Crippen LogP contribution < -0.4 is 10.1 Å². The highest BCUT2D eigenvalue weighted by Crippen LogP contribution is 2.12. The van der Waals surface area contributed by atoms with Gasteiger partial charge in [-0.3, -0.25) is 0 Å². The number of hydrogen-bond acceptors (Lipinski definition) is 5. The van der Waals surface area contributed by atoms with Crippen LogP contribution in [0.15, 0.2) is 36.0 Å². The Kier molecular flexibility index (Phi) is 7.21. The molecule has 1 aromatic carbocycles. The Balaban J connectivity index is 2.42. The van der Waals surface area contributed by atoms with Crippen LogP contribution >= 0.6 is 0 Å². The number of hydrogen-bond donors (Lipinski definition) is 1. The van der Waals surface area contributed by atoms with Gasteiger partial charge in [0.05, 0.1) is 26.9 Å². The molecule has 0 radical (unpaired) electrons. The first kappa shape index (κ1) is 16.0. The minimum atomic E-state index is -0.370. The fraction of sp³-hybridized carbons (Fsp3) is 0.400. The molecule has 0 saturated carbocycles. The van der Waals surface area contributed by atoms with Crippen LogP contribution in [0.2, 0.25) is 0 Å². The molecule has 0 spiro atoms. The zero-order valence-electron chi connectivity index (χ0n) is 12.1. The van der Waals surface area contributed by atoms with Crippen molar-refractivity contribution in [2.45, 2.75) is 13.5 Å². The van der Waals surface area contributed by atoms with Crippen molar-refractivity contribution in [1.29, 1.82) is 0 Å². The Morgan fingerprint density at radius 3 is 2.55 bits per heavy atom. The van der Waals surface area contributed by atoms with Crippen LogP contribution in [0.25, 0.3) is 0 Å². The fourth-order valence-electron chi connectivity index (χ4n) is 1.51. The second-order valence-electron chi connectivity index (χ2n) is 4.01. The number of nitrogens with one attached hydrogen (secondary N) is 1. The van der Waals surface area contributed by atoms with Crippen LogP contribution in [0.5, 0.6) is 5.75 Å². The molecule has 20 heavy (non-hydrogen) atoms. The molecule has 5 nitrogen and oxygen atoms in total. The zero-order chi connectivity index (χ0) is 14.8. The van der Waals surface area contributed by atoms with Gasteiger partial charge in [-0.2, -0.15) is 0 Å². The molecule has 0 saturated heterocycles. The molecular formula is C15H21NO4. The van der Waals surface area contributed by atoms with Gasteiger partial charge < -0.3 is 19.5 Å². The topological polar surface area (TPSA) is 56.8 Å². The van der Waals surface area contributed by atoms with E-state index in [9.17, 15) is 4.79 Å². The first-order valence-electron chi connectivity index (χ1n) is 6.45. The number of carbonyl (C=O) groups excluding carboxylic acids is 1. The molecule has 0 aromatic heterocycles. The Bertz CT molecular complexity index is 440. The highest BCUT2D eigenvalue weighted by Gasteiger charge is 2.02. The van der Waals surface area contributed by atoms with Gasteiger partial charge in [0.15, 0.2) is 0 Å². The van der Waals surface area contributed by atoms with E-state index in [0.717, 1.165) is 11.3 Å². The molecule has 0 aliphatic rings. The highest BCUT2D eigenvalue weighted by molar-refractivity contribution is 5.82. The van der Waals surface area contributed by atoms with Crippen molar-refractivity contribution in [1.82, 2.24) is 5.32 Å². The lowest BCUT2D eigenvalue weighted by molar-refractivity contribution is -0.137. The molecule has 0 unspecified atom stereocenters. The minimum absolute atomic E-state index is 0.321. The van der Waals surface area contributed by atoms with E-state index in [1.807, 2.05) is 24.3 Å². The summed E-state index contributed by atoms with van der Waals surface area (Å²) in [4.78, 5) is 11.3. The number of methoxy groups -OCH3 is 1. The third-order valence-electron chi connectivity index (χ3n) is 2.59. The Morgan fingerprint density at radius 1 is 1.30 bits per heavy atom. The first-order valence-corrected chi connectivity index (χ1v) is 6.45. The van der Waals surface area contributed by atoms with Crippen molar-refractivity contribution in [3.8, 4) is 5.75 Å². The van der Waals surface area contributed by atoms with E-state index in [-0.39, 0.29) is 5.97 Å². The Labute approximate surface area is 119 Å². The van der Waals surface area contributed by atoms with E-state index in [4.69, 9.17) is 14.2 Å². The summed E-state index contributed by atoms with van der Waals surface area (Å²) < 4.78 is 15.5. The third-order valence-corrected chi connectivity index (χ3v) is 2.59. The maximum absolute atomic E-state index is 11.3. The summed E-state index contributed by atoms with van der Waals surface area (Å²) in [6, 6.07) is 7.64. The molecule has 0 aliphatic heterocycles. The quantitative estimate of drug-likeness (QED) is 0.581. The van der Waals surface area contributed by atoms with Crippen LogP contribution in [0.4, 0.5) is 0 Å². The number of rotatable bonds is 8. The lowest BCUT2D eigenvalue weighted by Gasteiger charge is -2.09. The van der Waals surface area contributed by atoms with Gasteiger partial charge >= 0.3 is 5.97 Å². The molecule has 5 heteroatoms. The predicted octanol–water partition coefficient (Wildman–Crippen LogP) is 1.88. The second-order valence-corrected chi connectivity index (χ2v) is 4.01. The summed E-state index contributed by atoms with van der Waals surface area (Å²) in [7, 11) is 3.37. The van der Waals surface area contributed by atoms with Crippen LogP contribution in [0.1, 0.15) is 12.5 Å². The fourth-order valence-corrected chi connectivity index (χ4v) is 1.51. The number of carbonyl (C=O) groups is 1. The van der Waals surface area contributed by atoms with Gasteiger partial charge in [-0.1, -0.05) is 12.1 Å². The monoisotopic (exact) mass is 279 g/mol. The summed E-state index contributed by atoms with van der Waals surface area (Å²) >= 11 is 0. The van der Waals surface area contributed by atoms with E-state index in [1.54, 1.807) is 21.1 Å². The van der Waals surface area contributed by atoms with Gasteiger partial charge in [0.1, 0.15) is 5.75 Å².